The van der Waals surface area contributed by atoms with Crippen LogP contribution in [0, 0.1) is 19.3 Å². The van der Waals surface area contributed by atoms with Gasteiger partial charge in [-0.2, -0.15) is 5.10 Å². The van der Waals surface area contributed by atoms with Crippen molar-refractivity contribution in [2.75, 3.05) is 11.9 Å². The minimum absolute atomic E-state index is 0.324. The van der Waals surface area contributed by atoms with Crippen LogP contribution in [0.2, 0.25) is 0 Å². The van der Waals surface area contributed by atoms with Crippen LogP contribution in [0.5, 0.6) is 0 Å². The fraction of sp³-hybridized carbons (Fsp3) is 0.615. The minimum Gasteiger partial charge on any atom is -0.455 e. The van der Waals surface area contributed by atoms with Crippen LogP contribution in [0.25, 0.3) is 0 Å². The number of amides is 1. The predicted octanol–water partition coefficient (Wildman–Crippen LogP) is 2.10. The van der Waals surface area contributed by atoms with Crippen molar-refractivity contribution in [1.82, 2.24) is 9.78 Å². The van der Waals surface area contributed by atoms with E-state index in [9.17, 15) is 9.59 Å². The number of carbonyl (C=O) groups excluding carboxylic acids is 2. The summed E-state index contributed by atoms with van der Waals surface area (Å²) >= 11 is 11.8. The molecule has 21 heavy (non-hydrogen) atoms. The number of ether oxygens (including phenoxy) is 1. The number of aryl methyl sites for hydroxylation is 2. The number of halogens is 2. The van der Waals surface area contributed by atoms with Crippen molar-refractivity contribution in [3.8, 4) is 0 Å². The fourth-order valence-electron chi connectivity index (χ4n) is 2.04. The Kier molecular flexibility index (Phi) is 3.97. The Morgan fingerprint density at radius 1 is 1.43 bits per heavy atom. The lowest BCUT2D eigenvalue weighted by Gasteiger charge is -2.12. The van der Waals surface area contributed by atoms with E-state index in [0.717, 1.165) is 5.69 Å². The number of hydrogen-bond acceptors (Lipinski definition) is 4. The van der Waals surface area contributed by atoms with Crippen LogP contribution in [0.4, 0.5) is 5.69 Å². The molecule has 1 N–H and O–H groups in total. The van der Waals surface area contributed by atoms with Gasteiger partial charge in [0.2, 0.25) is 0 Å². The highest BCUT2D eigenvalue weighted by molar-refractivity contribution is 6.53. The monoisotopic (exact) mass is 333 g/mol. The lowest BCUT2D eigenvalue weighted by molar-refractivity contribution is -0.152. The molecule has 0 aliphatic heterocycles. The highest BCUT2D eigenvalue weighted by Crippen LogP contribution is 2.64. The highest BCUT2D eigenvalue weighted by atomic mass is 35.5. The summed E-state index contributed by atoms with van der Waals surface area (Å²) in [6.45, 7) is 4.85. The molecule has 0 bridgehead atoms. The molecule has 116 valence electrons. The quantitative estimate of drug-likeness (QED) is 0.676. The summed E-state index contributed by atoms with van der Waals surface area (Å²) in [5.41, 5.74) is 1.21. The molecule has 0 saturated heterocycles. The Morgan fingerprint density at radius 3 is 2.43 bits per heavy atom. The second-order valence-corrected chi connectivity index (χ2v) is 6.99. The van der Waals surface area contributed by atoms with Crippen molar-refractivity contribution < 1.29 is 14.3 Å². The average Bonchev–Trinajstić information content (AvgIpc) is 2.82. The maximum atomic E-state index is 11.9. The first-order valence-corrected chi connectivity index (χ1v) is 7.19. The van der Waals surface area contributed by atoms with Gasteiger partial charge in [-0.1, -0.05) is 0 Å². The Hall–Kier alpha value is -1.27. The number of alkyl halides is 2. The van der Waals surface area contributed by atoms with Gasteiger partial charge in [-0.05, 0) is 20.8 Å². The molecule has 1 heterocycles. The first-order chi connectivity index (χ1) is 9.58. The fourth-order valence-corrected chi connectivity index (χ4v) is 2.73. The van der Waals surface area contributed by atoms with Crippen molar-refractivity contribution in [2.24, 2.45) is 12.5 Å². The summed E-state index contributed by atoms with van der Waals surface area (Å²) in [7, 11) is 1.78. The molecule has 1 aliphatic rings. The number of nitrogens with zero attached hydrogens (tertiary/aromatic N) is 2. The van der Waals surface area contributed by atoms with Gasteiger partial charge in [-0.3, -0.25) is 14.3 Å². The van der Waals surface area contributed by atoms with Crippen molar-refractivity contribution in [3.63, 3.8) is 0 Å². The molecule has 1 amide bonds. The molecule has 0 spiro atoms. The number of hydrogen-bond donors (Lipinski definition) is 1. The van der Waals surface area contributed by atoms with Gasteiger partial charge in [-0.15, -0.1) is 23.2 Å². The Bertz CT molecular complexity index is 612. The summed E-state index contributed by atoms with van der Waals surface area (Å²) < 4.78 is 5.54. The highest BCUT2D eigenvalue weighted by Gasteiger charge is 2.69. The van der Waals surface area contributed by atoms with Gasteiger partial charge in [0.05, 0.1) is 17.1 Å². The average molecular weight is 334 g/mol. The number of anilines is 1. The van der Waals surface area contributed by atoms with Gasteiger partial charge < -0.3 is 10.1 Å². The van der Waals surface area contributed by atoms with Crippen LogP contribution < -0.4 is 5.32 Å². The van der Waals surface area contributed by atoms with Gasteiger partial charge in [0, 0.05) is 13.5 Å². The number of carbonyl (C=O) groups is 2. The van der Waals surface area contributed by atoms with Gasteiger partial charge in [-0.25, -0.2) is 0 Å². The largest absolute Gasteiger partial charge is 0.455 e. The zero-order valence-electron chi connectivity index (χ0n) is 12.3. The summed E-state index contributed by atoms with van der Waals surface area (Å²) in [6, 6.07) is 0. The second kappa shape index (κ2) is 5.18. The topological polar surface area (TPSA) is 73.2 Å². The Morgan fingerprint density at radius 2 is 2.00 bits per heavy atom. The molecule has 0 aromatic carbocycles. The lowest BCUT2D eigenvalue weighted by Crippen LogP contribution is -2.27. The van der Waals surface area contributed by atoms with E-state index >= 15 is 0 Å². The van der Waals surface area contributed by atoms with Crippen molar-refractivity contribution >= 4 is 40.8 Å². The van der Waals surface area contributed by atoms with Crippen LogP contribution in [0.3, 0.4) is 0 Å². The molecular weight excluding hydrogens is 317 g/mol. The molecule has 1 fully saturated rings. The summed E-state index contributed by atoms with van der Waals surface area (Å²) in [5, 5.41) is 6.87. The van der Waals surface area contributed by atoms with E-state index in [1.165, 1.54) is 0 Å². The Balaban J connectivity index is 1.90. The number of nitrogens with one attached hydrogen (secondary N) is 1. The maximum Gasteiger partial charge on any atom is 0.315 e. The van der Waals surface area contributed by atoms with Gasteiger partial charge in [0.15, 0.2) is 6.61 Å². The number of aromatic nitrogens is 2. The minimum atomic E-state index is -1.10. The van der Waals surface area contributed by atoms with E-state index in [-0.39, 0.29) is 6.61 Å². The van der Waals surface area contributed by atoms with Crippen molar-refractivity contribution in [3.05, 3.63) is 11.4 Å². The van der Waals surface area contributed by atoms with Gasteiger partial charge >= 0.3 is 5.97 Å². The van der Waals surface area contributed by atoms with Crippen molar-refractivity contribution in [2.45, 2.75) is 31.5 Å². The third-order valence-corrected chi connectivity index (χ3v) is 4.92. The lowest BCUT2D eigenvalue weighted by atomic mass is 10.1. The normalized spacial score (nSPS) is 22.8. The summed E-state index contributed by atoms with van der Waals surface area (Å²) in [6.07, 6.45) is 0.324. The molecular formula is C13H17Cl2N3O3. The molecule has 1 atom stereocenters. The zero-order valence-corrected chi connectivity index (χ0v) is 13.8. The standard InChI is InChI=1S/C13H17Cl2N3O3/c1-7-10(8(2)18(4)17-7)16-9(19)5-21-11(20)12(3)6-13(12,14)15/h5-6H2,1-4H3,(H,16,19)/t12-/m1/s1. The van der Waals surface area contributed by atoms with Crippen LogP contribution in [0.15, 0.2) is 0 Å². The second-order valence-electron chi connectivity index (χ2n) is 5.51. The Labute approximate surface area is 132 Å². The van der Waals surface area contributed by atoms with Crippen LogP contribution in [-0.2, 0) is 21.4 Å². The molecule has 6 nitrogen and oxygen atoms in total. The van der Waals surface area contributed by atoms with E-state index in [1.54, 1.807) is 25.6 Å². The first-order valence-electron chi connectivity index (χ1n) is 6.43. The number of esters is 1. The molecule has 0 unspecified atom stereocenters. The smallest absolute Gasteiger partial charge is 0.315 e. The van der Waals surface area contributed by atoms with E-state index in [1.807, 2.05) is 6.92 Å². The molecule has 1 aliphatic carbocycles. The van der Waals surface area contributed by atoms with E-state index in [2.05, 4.69) is 10.4 Å². The number of rotatable bonds is 4. The van der Waals surface area contributed by atoms with Crippen LogP contribution in [-0.4, -0.2) is 32.6 Å². The first kappa shape index (κ1) is 16.1. The van der Waals surface area contributed by atoms with Gasteiger partial charge in [0.1, 0.15) is 9.75 Å². The van der Waals surface area contributed by atoms with E-state index in [4.69, 9.17) is 27.9 Å². The molecule has 0 radical (unpaired) electrons. The van der Waals surface area contributed by atoms with Crippen LogP contribution >= 0.6 is 23.2 Å². The SMILES string of the molecule is Cc1nn(C)c(C)c1NC(=O)COC(=O)[C@@]1(C)CC1(Cl)Cl. The van der Waals surface area contributed by atoms with E-state index in [0.29, 0.717) is 17.8 Å². The van der Waals surface area contributed by atoms with Gasteiger partial charge in [0.25, 0.3) is 5.91 Å². The van der Waals surface area contributed by atoms with Crippen molar-refractivity contribution in [1.29, 1.82) is 0 Å². The molecule has 1 aromatic rings. The summed E-state index contributed by atoms with van der Waals surface area (Å²) in [5.74, 6) is -0.996. The third-order valence-electron chi connectivity index (χ3n) is 3.82. The zero-order chi connectivity index (χ0) is 16.0. The molecule has 2 rings (SSSR count). The predicted molar refractivity (Wildman–Crippen MR) is 79.4 cm³/mol. The van der Waals surface area contributed by atoms with E-state index < -0.39 is 21.6 Å². The molecule has 1 saturated carbocycles. The summed E-state index contributed by atoms with van der Waals surface area (Å²) in [4.78, 5) is 23.7. The molecule has 8 heteroatoms. The molecule has 1 aromatic heterocycles. The third kappa shape index (κ3) is 2.87. The maximum absolute atomic E-state index is 11.9. The van der Waals surface area contributed by atoms with Crippen LogP contribution in [0.1, 0.15) is 24.7 Å².